The number of amides is 3. The molecule has 0 radical (unpaired) electrons. The molecule has 1 heterocycles. The Morgan fingerprint density at radius 1 is 0.971 bits per heavy atom. The number of benzene rings is 2. The Balaban J connectivity index is 1.75. The summed E-state index contributed by atoms with van der Waals surface area (Å²) in [6.45, 7) is 4.36. The summed E-state index contributed by atoms with van der Waals surface area (Å²) in [7, 11) is 5.11. The van der Waals surface area contributed by atoms with Crippen molar-refractivity contribution in [1.82, 2.24) is 15.1 Å². The van der Waals surface area contributed by atoms with E-state index in [-0.39, 0.29) is 24.1 Å². The summed E-state index contributed by atoms with van der Waals surface area (Å²) in [6.07, 6.45) is 0.00565. The van der Waals surface area contributed by atoms with Gasteiger partial charge in [0.2, 0.25) is 11.8 Å². The van der Waals surface area contributed by atoms with Crippen molar-refractivity contribution in [2.75, 3.05) is 52.8 Å². The Kier molecular flexibility index (Phi) is 8.48. The van der Waals surface area contributed by atoms with Crippen LogP contribution < -0.4 is 20.1 Å². The molecule has 1 aliphatic heterocycles. The largest absolute Gasteiger partial charge is 0.497 e. The van der Waals surface area contributed by atoms with Crippen LogP contribution in [-0.4, -0.2) is 75.0 Å². The lowest BCUT2D eigenvalue weighted by molar-refractivity contribution is -0.120. The standard InChI is InChI=1S/C25H32N4O5/c1-17(30)26-21(18-5-8-20(33-3)9-6-18)16-24(31)27-22-15-19(7-10-23(22)34-4)25(32)29-13-11-28(2)12-14-29/h5-10,15,21H,11-14,16H2,1-4H3,(H,26,30)(H,27,31). The maximum Gasteiger partial charge on any atom is 0.254 e. The first-order valence-electron chi connectivity index (χ1n) is 11.2. The number of nitrogens with one attached hydrogen (secondary N) is 2. The van der Waals surface area contributed by atoms with Crippen LogP contribution in [0.4, 0.5) is 5.69 Å². The summed E-state index contributed by atoms with van der Waals surface area (Å²) in [6, 6.07) is 11.7. The summed E-state index contributed by atoms with van der Waals surface area (Å²) in [5, 5.41) is 5.66. The van der Waals surface area contributed by atoms with Gasteiger partial charge in [0.15, 0.2) is 0 Å². The average molecular weight is 469 g/mol. The van der Waals surface area contributed by atoms with E-state index in [1.165, 1.54) is 14.0 Å². The zero-order valence-electron chi connectivity index (χ0n) is 20.1. The summed E-state index contributed by atoms with van der Waals surface area (Å²) >= 11 is 0. The molecule has 34 heavy (non-hydrogen) atoms. The highest BCUT2D eigenvalue weighted by atomic mass is 16.5. The number of hydrogen-bond acceptors (Lipinski definition) is 6. The third kappa shape index (κ3) is 6.48. The molecule has 1 saturated heterocycles. The third-order valence-electron chi connectivity index (χ3n) is 5.80. The number of methoxy groups -OCH3 is 2. The van der Waals surface area contributed by atoms with E-state index >= 15 is 0 Å². The molecule has 2 N–H and O–H groups in total. The van der Waals surface area contributed by atoms with Crippen molar-refractivity contribution < 1.29 is 23.9 Å². The topological polar surface area (TPSA) is 100 Å². The summed E-state index contributed by atoms with van der Waals surface area (Å²) in [5.41, 5.74) is 1.66. The molecule has 0 spiro atoms. The molecular weight excluding hydrogens is 436 g/mol. The highest BCUT2D eigenvalue weighted by Crippen LogP contribution is 2.28. The molecule has 0 aliphatic carbocycles. The monoisotopic (exact) mass is 468 g/mol. The van der Waals surface area contributed by atoms with Gasteiger partial charge in [-0.3, -0.25) is 14.4 Å². The average Bonchev–Trinajstić information content (AvgIpc) is 2.83. The Labute approximate surface area is 200 Å². The first-order valence-corrected chi connectivity index (χ1v) is 11.2. The van der Waals surface area contributed by atoms with Crippen molar-refractivity contribution in [2.24, 2.45) is 0 Å². The van der Waals surface area contributed by atoms with E-state index in [0.29, 0.717) is 35.8 Å². The van der Waals surface area contributed by atoms with Crippen LogP contribution in [0.5, 0.6) is 11.5 Å². The van der Waals surface area contributed by atoms with Gasteiger partial charge >= 0.3 is 0 Å². The van der Waals surface area contributed by atoms with Crippen LogP contribution in [0.15, 0.2) is 42.5 Å². The second-order valence-corrected chi connectivity index (χ2v) is 8.29. The van der Waals surface area contributed by atoms with Crippen molar-refractivity contribution in [3.8, 4) is 11.5 Å². The first kappa shape index (κ1) is 25.0. The van der Waals surface area contributed by atoms with E-state index in [1.54, 1.807) is 37.4 Å². The molecule has 1 atom stereocenters. The summed E-state index contributed by atoms with van der Waals surface area (Å²) < 4.78 is 10.6. The summed E-state index contributed by atoms with van der Waals surface area (Å²) in [4.78, 5) is 41.7. The van der Waals surface area contributed by atoms with Crippen LogP contribution in [0.25, 0.3) is 0 Å². The minimum absolute atomic E-state index is 0.00565. The number of carbonyl (C=O) groups excluding carboxylic acids is 3. The van der Waals surface area contributed by atoms with Gasteiger partial charge in [-0.05, 0) is 42.9 Å². The van der Waals surface area contributed by atoms with Crippen LogP contribution in [0.3, 0.4) is 0 Å². The fourth-order valence-corrected chi connectivity index (χ4v) is 3.85. The number of nitrogens with zero attached hydrogens (tertiary/aromatic N) is 2. The number of likely N-dealkylation sites (N-methyl/N-ethyl adjacent to an activating group) is 1. The van der Waals surface area contributed by atoms with E-state index in [1.807, 2.05) is 24.1 Å². The second kappa shape index (κ2) is 11.5. The predicted molar refractivity (Wildman–Crippen MR) is 129 cm³/mol. The minimum atomic E-state index is -0.524. The SMILES string of the molecule is COc1ccc(C(CC(=O)Nc2cc(C(=O)N3CCN(C)CC3)ccc2OC)NC(C)=O)cc1. The Bertz CT molecular complexity index is 1020. The van der Waals surface area contributed by atoms with Gasteiger partial charge in [0.1, 0.15) is 11.5 Å². The number of anilines is 1. The lowest BCUT2D eigenvalue weighted by Crippen LogP contribution is -2.47. The number of rotatable bonds is 8. The summed E-state index contributed by atoms with van der Waals surface area (Å²) in [5.74, 6) is 0.480. The minimum Gasteiger partial charge on any atom is -0.497 e. The van der Waals surface area contributed by atoms with E-state index < -0.39 is 6.04 Å². The van der Waals surface area contributed by atoms with Gasteiger partial charge in [-0.15, -0.1) is 0 Å². The predicted octanol–water partition coefficient (Wildman–Crippen LogP) is 2.30. The van der Waals surface area contributed by atoms with Crippen molar-refractivity contribution in [2.45, 2.75) is 19.4 Å². The Morgan fingerprint density at radius 2 is 1.65 bits per heavy atom. The Hall–Kier alpha value is -3.59. The van der Waals surface area contributed by atoms with Gasteiger partial charge in [-0.2, -0.15) is 0 Å². The molecule has 1 unspecified atom stereocenters. The molecule has 9 nitrogen and oxygen atoms in total. The van der Waals surface area contributed by atoms with Crippen molar-refractivity contribution in [3.63, 3.8) is 0 Å². The molecule has 0 aromatic heterocycles. The number of ether oxygens (including phenoxy) is 2. The van der Waals surface area contributed by atoms with Gasteiger partial charge < -0.3 is 29.9 Å². The molecule has 2 aromatic carbocycles. The van der Waals surface area contributed by atoms with Crippen LogP contribution in [0, 0.1) is 0 Å². The highest BCUT2D eigenvalue weighted by Gasteiger charge is 2.23. The molecular formula is C25H32N4O5. The van der Waals surface area contributed by atoms with Crippen LogP contribution in [-0.2, 0) is 9.59 Å². The van der Waals surface area contributed by atoms with Crippen LogP contribution in [0.2, 0.25) is 0 Å². The molecule has 3 amide bonds. The van der Waals surface area contributed by atoms with E-state index in [2.05, 4.69) is 15.5 Å². The van der Waals surface area contributed by atoms with Crippen LogP contribution >= 0.6 is 0 Å². The van der Waals surface area contributed by atoms with E-state index in [9.17, 15) is 14.4 Å². The van der Waals surface area contributed by atoms with Gasteiger partial charge in [0.05, 0.1) is 32.4 Å². The number of piperazine rings is 1. The van der Waals surface area contributed by atoms with Crippen molar-refractivity contribution in [3.05, 3.63) is 53.6 Å². The fourth-order valence-electron chi connectivity index (χ4n) is 3.85. The van der Waals surface area contributed by atoms with Crippen molar-refractivity contribution in [1.29, 1.82) is 0 Å². The second-order valence-electron chi connectivity index (χ2n) is 8.29. The zero-order valence-corrected chi connectivity index (χ0v) is 20.1. The van der Waals surface area contributed by atoms with E-state index in [4.69, 9.17) is 9.47 Å². The van der Waals surface area contributed by atoms with E-state index in [0.717, 1.165) is 18.7 Å². The third-order valence-corrected chi connectivity index (χ3v) is 5.80. The smallest absolute Gasteiger partial charge is 0.254 e. The van der Waals surface area contributed by atoms with Crippen molar-refractivity contribution >= 4 is 23.4 Å². The molecule has 0 bridgehead atoms. The molecule has 182 valence electrons. The molecule has 3 rings (SSSR count). The lowest BCUT2D eigenvalue weighted by Gasteiger charge is -2.32. The molecule has 0 saturated carbocycles. The maximum atomic E-state index is 13.0. The number of carbonyl (C=O) groups is 3. The molecule has 2 aromatic rings. The maximum absolute atomic E-state index is 13.0. The Morgan fingerprint density at radius 3 is 2.24 bits per heavy atom. The molecule has 1 aliphatic rings. The van der Waals surface area contributed by atoms with Gasteiger partial charge in [-0.1, -0.05) is 12.1 Å². The van der Waals surface area contributed by atoms with Gasteiger partial charge in [0, 0.05) is 38.7 Å². The van der Waals surface area contributed by atoms with Crippen LogP contribution in [0.1, 0.15) is 35.3 Å². The van der Waals surface area contributed by atoms with Gasteiger partial charge in [-0.25, -0.2) is 0 Å². The zero-order chi connectivity index (χ0) is 24.7. The fraction of sp³-hybridized carbons (Fsp3) is 0.400. The quantitative estimate of drug-likeness (QED) is 0.617. The molecule has 1 fully saturated rings. The lowest BCUT2D eigenvalue weighted by atomic mass is 10.0. The van der Waals surface area contributed by atoms with Gasteiger partial charge in [0.25, 0.3) is 5.91 Å². The first-order chi connectivity index (χ1) is 16.3. The molecule has 9 heteroatoms. The normalized spacial score (nSPS) is 14.8. The number of hydrogen-bond donors (Lipinski definition) is 2. The highest BCUT2D eigenvalue weighted by molar-refractivity contribution is 5.98.